The summed E-state index contributed by atoms with van der Waals surface area (Å²) in [7, 11) is 0. The van der Waals surface area contributed by atoms with Crippen molar-refractivity contribution in [3.8, 4) is 6.07 Å². The first-order chi connectivity index (χ1) is 9.72. The fraction of sp³-hybridized carbons (Fsp3) is 0.643. The Kier molecular flexibility index (Phi) is 5.27. The zero-order valence-corrected chi connectivity index (χ0v) is 12.2. The average molecular weight is 274 g/mol. The predicted molar refractivity (Wildman–Crippen MR) is 78.6 cm³/mol. The zero-order valence-electron chi connectivity index (χ0n) is 12.2. The van der Waals surface area contributed by atoms with Gasteiger partial charge in [0, 0.05) is 32.7 Å². The van der Waals surface area contributed by atoms with Crippen LogP contribution in [0, 0.1) is 25.2 Å². The van der Waals surface area contributed by atoms with Gasteiger partial charge < -0.3 is 15.5 Å². The molecule has 1 fully saturated rings. The van der Waals surface area contributed by atoms with Gasteiger partial charge in [0.25, 0.3) is 0 Å². The van der Waals surface area contributed by atoms with Crippen LogP contribution in [0.4, 0.5) is 5.82 Å². The molecule has 1 aliphatic rings. The van der Waals surface area contributed by atoms with Crippen molar-refractivity contribution >= 4 is 5.82 Å². The van der Waals surface area contributed by atoms with Crippen LogP contribution in [-0.2, 0) is 0 Å². The molecule has 0 spiro atoms. The smallest absolute Gasteiger partial charge is 0.166 e. The van der Waals surface area contributed by atoms with Crippen molar-refractivity contribution in [1.82, 2.24) is 20.4 Å². The SMILES string of the molecule is Cc1nnc(NCCCN2CCNCC2)c(C#N)c1C. The maximum Gasteiger partial charge on any atom is 0.166 e. The third-order valence-electron chi connectivity index (χ3n) is 3.72. The van der Waals surface area contributed by atoms with Crippen molar-refractivity contribution < 1.29 is 0 Å². The molecule has 1 aromatic rings. The van der Waals surface area contributed by atoms with Crippen LogP contribution in [0.5, 0.6) is 0 Å². The maximum absolute atomic E-state index is 9.21. The Morgan fingerprint density at radius 1 is 1.30 bits per heavy atom. The number of piperazine rings is 1. The molecule has 6 heteroatoms. The van der Waals surface area contributed by atoms with Crippen LogP contribution in [0.2, 0.25) is 0 Å². The Morgan fingerprint density at radius 2 is 2.05 bits per heavy atom. The molecule has 0 aliphatic carbocycles. The van der Waals surface area contributed by atoms with E-state index in [1.165, 1.54) is 0 Å². The van der Waals surface area contributed by atoms with Gasteiger partial charge in [-0.05, 0) is 32.4 Å². The number of nitriles is 1. The summed E-state index contributed by atoms with van der Waals surface area (Å²) in [5, 5.41) is 24.0. The van der Waals surface area contributed by atoms with E-state index in [2.05, 4.69) is 31.8 Å². The fourth-order valence-corrected chi connectivity index (χ4v) is 2.31. The lowest BCUT2D eigenvalue weighted by Crippen LogP contribution is -2.44. The van der Waals surface area contributed by atoms with Gasteiger partial charge in [0.1, 0.15) is 11.6 Å². The van der Waals surface area contributed by atoms with Gasteiger partial charge in [0.15, 0.2) is 5.82 Å². The highest BCUT2D eigenvalue weighted by molar-refractivity contribution is 5.55. The highest BCUT2D eigenvalue weighted by atomic mass is 15.2. The first-order valence-electron chi connectivity index (χ1n) is 7.13. The Bertz CT molecular complexity index is 487. The number of hydrogen-bond acceptors (Lipinski definition) is 6. The van der Waals surface area contributed by atoms with Gasteiger partial charge in [-0.25, -0.2) is 0 Å². The van der Waals surface area contributed by atoms with Crippen molar-refractivity contribution in [3.05, 3.63) is 16.8 Å². The van der Waals surface area contributed by atoms with E-state index in [-0.39, 0.29) is 0 Å². The molecule has 1 saturated heterocycles. The molecular formula is C14H22N6. The minimum atomic E-state index is 0.607. The van der Waals surface area contributed by atoms with E-state index in [0.717, 1.165) is 56.9 Å². The summed E-state index contributed by atoms with van der Waals surface area (Å²) in [6.45, 7) is 10.1. The van der Waals surface area contributed by atoms with Crippen LogP contribution in [0.3, 0.4) is 0 Å². The standard InChI is InChI=1S/C14H22N6/c1-11-12(2)18-19-14(13(11)10-15)17-4-3-7-20-8-5-16-6-9-20/h16H,3-9H2,1-2H3,(H,17,19). The number of hydrogen-bond donors (Lipinski definition) is 2. The third kappa shape index (κ3) is 3.65. The van der Waals surface area contributed by atoms with E-state index in [9.17, 15) is 5.26 Å². The Morgan fingerprint density at radius 3 is 2.75 bits per heavy atom. The number of rotatable bonds is 5. The number of aromatic nitrogens is 2. The summed E-state index contributed by atoms with van der Waals surface area (Å²) in [5.41, 5.74) is 2.33. The summed E-state index contributed by atoms with van der Waals surface area (Å²) in [5.74, 6) is 0.607. The second-order valence-corrected chi connectivity index (χ2v) is 5.12. The Hall–Kier alpha value is -1.71. The van der Waals surface area contributed by atoms with E-state index in [1.54, 1.807) is 0 Å². The molecule has 20 heavy (non-hydrogen) atoms. The van der Waals surface area contributed by atoms with Gasteiger partial charge in [0.2, 0.25) is 0 Å². The van der Waals surface area contributed by atoms with Crippen molar-refractivity contribution in [2.75, 3.05) is 44.6 Å². The molecule has 0 amide bonds. The molecule has 108 valence electrons. The molecule has 2 N–H and O–H groups in total. The molecule has 2 rings (SSSR count). The van der Waals surface area contributed by atoms with Crippen LogP contribution in [0.25, 0.3) is 0 Å². The molecule has 2 heterocycles. The quantitative estimate of drug-likeness (QED) is 0.769. The molecule has 1 aromatic heterocycles. The normalized spacial score (nSPS) is 15.8. The average Bonchev–Trinajstić information content (AvgIpc) is 2.48. The number of nitrogens with zero attached hydrogens (tertiary/aromatic N) is 4. The van der Waals surface area contributed by atoms with Gasteiger partial charge in [-0.2, -0.15) is 10.4 Å². The first kappa shape index (κ1) is 14.7. The number of anilines is 1. The van der Waals surface area contributed by atoms with Crippen LogP contribution in [-0.4, -0.2) is 54.4 Å². The fourth-order valence-electron chi connectivity index (χ4n) is 2.31. The van der Waals surface area contributed by atoms with Gasteiger partial charge in [-0.3, -0.25) is 0 Å². The van der Waals surface area contributed by atoms with Gasteiger partial charge in [0.05, 0.1) is 5.69 Å². The van der Waals surface area contributed by atoms with Gasteiger partial charge in [-0.1, -0.05) is 0 Å². The van der Waals surface area contributed by atoms with E-state index in [1.807, 2.05) is 13.8 Å². The highest BCUT2D eigenvalue weighted by Gasteiger charge is 2.11. The Labute approximate surface area is 120 Å². The second-order valence-electron chi connectivity index (χ2n) is 5.12. The van der Waals surface area contributed by atoms with E-state index in [0.29, 0.717) is 11.4 Å². The summed E-state index contributed by atoms with van der Waals surface area (Å²) < 4.78 is 0. The Balaban J connectivity index is 1.82. The van der Waals surface area contributed by atoms with Gasteiger partial charge in [-0.15, -0.1) is 5.10 Å². The molecule has 6 nitrogen and oxygen atoms in total. The lowest BCUT2D eigenvalue weighted by molar-refractivity contribution is 0.240. The molecule has 0 radical (unpaired) electrons. The summed E-state index contributed by atoms with van der Waals surface area (Å²) >= 11 is 0. The third-order valence-corrected chi connectivity index (χ3v) is 3.72. The predicted octanol–water partition coefficient (Wildman–Crippen LogP) is 0.672. The van der Waals surface area contributed by atoms with E-state index < -0.39 is 0 Å². The van der Waals surface area contributed by atoms with Crippen LogP contribution < -0.4 is 10.6 Å². The number of nitrogens with one attached hydrogen (secondary N) is 2. The summed E-state index contributed by atoms with van der Waals surface area (Å²) in [6, 6.07) is 2.21. The number of aryl methyl sites for hydroxylation is 1. The van der Waals surface area contributed by atoms with E-state index >= 15 is 0 Å². The molecule has 0 saturated carbocycles. The minimum absolute atomic E-state index is 0.607. The molecule has 1 aliphatic heterocycles. The molecule has 0 atom stereocenters. The van der Waals surface area contributed by atoms with Crippen molar-refractivity contribution in [1.29, 1.82) is 5.26 Å². The summed E-state index contributed by atoms with van der Waals surface area (Å²) in [4.78, 5) is 2.45. The first-order valence-corrected chi connectivity index (χ1v) is 7.13. The monoisotopic (exact) mass is 274 g/mol. The van der Waals surface area contributed by atoms with Crippen molar-refractivity contribution in [2.45, 2.75) is 20.3 Å². The molecule has 0 unspecified atom stereocenters. The largest absolute Gasteiger partial charge is 0.367 e. The van der Waals surface area contributed by atoms with Crippen LogP contribution in [0.15, 0.2) is 0 Å². The zero-order chi connectivity index (χ0) is 14.4. The van der Waals surface area contributed by atoms with Crippen LogP contribution >= 0.6 is 0 Å². The van der Waals surface area contributed by atoms with Crippen molar-refractivity contribution in [2.24, 2.45) is 0 Å². The molecular weight excluding hydrogens is 252 g/mol. The van der Waals surface area contributed by atoms with Crippen LogP contribution in [0.1, 0.15) is 23.2 Å². The second kappa shape index (κ2) is 7.17. The van der Waals surface area contributed by atoms with Crippen molar-refractivity contribution in [3.63, 3.8) is 0 Å². The highest BCUT2D eigenvalue weighted by Crippen LogP contribution is 2.16. The van der Waals surface area contributed by atoms with Gasteiger partial charge >= 0.3 is 0 Å². The minimum Gasteiger partial charge on any atom is -0.367 e. The maximum atomic E-state index is 9.21. The van der Waals surface area contributed by atoms with E-state index in [4.69, 9.17) is 0 Å². The topological polar surface area (TPSA) is 76.9 Å². The lowest BCUT2D eigenvalue weighted by Gasteiger charge is -2.27. The lowest BCUT2D eigenvalue weighted by atomic mass is 10.1. The molecule has 0 aromatic carbocycles. The summed E-state index contributed by atoms with van der Waals surface area (Å²) in [6.07, 6.45) is 1.04. The molecule has 0 bridgehead atoms.